The van der Waals surface area contributed by atoms with Crippen molar-refractivity contribution in [1.29, 1.82) is 0 Å². The van der Waals surface area contributed by atoms with Gasteiger partial charge in [-0.1, -0.05) is 6.07 Å². The van der Waals surface area contributed by atoms with E-state index in [1.807, 2.05) is 25.1 Å². The molecule has 0 unspecified atom stereocenters. The van der Waals surface area contributed by atoms with Gasteiger partial charge in [-0.05, 0) is 43.5 Å². The molecule has 1 aromatic heterocycles. The molecule has 0 atom stereocenters. The first-order valence-electron chi connectivity index (χ1n) is 9.12. The van der Waals surface area contributed by atoms with Crippen molar-refractivity contribution in [3.8, 4) is 11.5 Å². The lowest BCUT2D eigenvalue weighted by Gasteiger charge is -2.10. The molecule has 0 fully saturated rings. The number of nitrogens with two attached hydrogens (primary N) is 1. The van der Waals surface area contributed by atoms with Crippen molar-refractivity contribution in [3.05, 3.63) is 47.4 Å². The van der Waals surface area contributed by atoms with Crippen molar-refractivity contribution < 1.29 is 18.7 Å². The SMILES string of the molecule is COc1ccc(CCNC(N)=NCCCNC(=O)c2occc2C)cc1OC. The van der Waals surface area contributed by atoms with E-state index in [9.17, 15) is 4.79 Å². The van der Waals surface area contributed by atoms with Gasteiger partial charge in [0.15, 0.2) is 23.2 Å². The molecule has 0 bridgehead atoms. The molecule has 0 radical (unpaired) electrons. The highest BCUT2D eigenvalue weighted by Gasteiger charge is 2.11. The Labute approximate surface area is 165 Å². The van der Waals surface area contributed by atoms with Crippen molar-refractivity contribution in [2.75, 3.05) is 33.9 Å². The highest BCUT2D eigenvalue weighted by Crippen LogP contribution is 2.27. The first-order valence-corrected chi connectivity index (χ1v) is 9.12. The molecule has 0 aliphatic rings. The number of ether oxygens (including phenoxy) is 2. The Morgan fingerprint density at radius 1 is 1.14 bits per heavy atom. The normalized spacial score (nSPS) is 11.2. The number of nitrogens with zero attached hydrogens (tertiary/aromatic N) is 1. The monoisotopic (exact) mass is 388 g/mol. The van der Waals surface area contributed by atoms with Crippen molar-refractivity contribution >= 4 is 11.9 Å². The Balaban J connectivity index is 1.65. The van der Waals surface area contributed by atoms with Gasteiger partial charge in [0.25, 0.3) is 5.91 Å². The molecule has 0 saturated carbocycles. The van der Waals surface area contributed by atoms with Gasteiger partial charge < -0.3 is 30.3 Å². The third-order valence-electron chi connectivity index (χ3n) is 4.14. The van der Waals surface area contributed by atoms with Crippen LogP contribution in [-0.4, -0.2) is 45.7 Å². The fourth-order valence-corrected chi connectivity index (χ4v) is 2.59. The third kappa shape index (κ3) is 6.22. The van der Waals surface area contributed by atoms with E-state index in [0.29, 0.717) is 49.3 Å². The quantitative estimate of drug-likeness (QED) is 0.326. The zero-order chi connectivity index (χ0) is 20.4. The minimum Gasteiger partial charge on any atom is -0.493 e. The molecule has 8 heteroatoms. The molecule has 2 rings (SSSR count). The van der Waals surface area contributed by atoms with E-state index in [1.54, 1.807) is 20.3 Å². The average Bonchev–Trinajstić information content (AvgIpc) is 3.13. The summed E-state index contributed by atoms with van der Waals surface area (Å²) in [6.07, 6.45) is 2.96. The molecule has 0 aliphatic carbocycles. The predicted octanol–water partition coefficient (Wildman–Crippen LogP) is 1.87. The second-order valence-corrected chi connectivity index (χ2v) is 6.18. The maximum absolute atomic E-state index is 11.9. The summed E-state index contributed by atoms with van der Waals surface area (Å²) < 4.78 is 15.7. The topological polar surface area (TPSA) is 111 Å². The van der Waals surface area contributed by atoms with Crippen LogP contribution in [0, 0.1) is 6.92 Å². The van der Waals surface area contributed by atoms with Gasteiger partial charge in [-0.25, -0.2) is 0 Å². The summed E-state index contributed by atoms with van der Waals surface area (Å²) in [5, 5.41) is 5.88. The molecule has 4 N–H and O–H groups in total. The van der Waals surface area contributed by atoms with E-state index in [-0.39, 0.29) is 5.91 Å². The van der Waals surface area contributed by atoms with Gasteiger partial charge in [0.1, 0.15) is 0 Å². The number of carbonyl (C=O) groups is 1. The lowest BCUT2D eigenvalue weighted by molar-refractivity contribution is 0.0925. The molecule has 2 aromatic rings. The Kier molecular flexibility index (Phi) is 8.20. The minimum atomic E-state index is -0.215. The maximum atomic E-state index is 11.9. The molecule has 1 aromatic carbocycles. The van der Waals surface area contributed by atoms with E-state index in [1.165, 1.54) is 6.26 Å². The Morgan fingerprint density at radius 2 is 1.93 bits per heavy atom. The predicted molar refractivity (Wildman–Crippen MR) is 108 cm³/mol. The lowest BCUT2D eigenvalue weighted by atomic mass is 10.1. The lowest BCUT2D eigenvalue weighted by Crippen LogP contribution is -2.33. The van der Waals surface area contributed by atoms with Crippen LogP contribution < -0.4 is 25.8 Å². The third-order valence-corrected chi connectivity index (χ3v) is 4.14. The highest BCUT2D eigenvalue weighted by molar-refractivity contribution is 5.92. The summed E-state index contributed by atoms with van der Waals surface area (Å²) in [5.74, 6) is 1.92. The molecule has 152 valence electrons. The van der Waals surface area contributed by atoms with E-state index >= 15 is 0 Å². The van der Waals surface area contributed by atoms with Crippen LogP contribution >= 0.6 is 0 Å². The van der Waals surface area contributed by atoms with Gasteiger partial charge in [0.05, 0.1) is 20.5 Å². The van der Waals surface area contributed by atoms with Crippen LogP contribution in [0.15, 0.2) is 39.9 Å². The van der Waals surface area contributed by atoms with Gasteiger partial charge in [0.2, 0.25) is 0 Å². The standard InChI is InChI=1S/C20H28N4O4/c1-14-8-12-28-18(14)19(25)22-9-4-10-23-20(21)24-11-7-15-5-6-16(26-2)17(13-15)27-3/h5-6,8,12-13H,4,7,9-11H2,1-3H3,(H,22,25)(H3,21,23,24). The molecule has 28 heavy (non-hydrogen) atoms. The van der Waals surface area contributed by atoms with Crippen LogP contribution in [-0.2, 0) is 6.42 Å². The van der Waals surface area contributed by atoms with E-state index in [4.69, 9.17) is 19.6 Å². The van der Waals surface area contributed by atoms with Gasteiger partial charge in [-0.3, -0.25) is 9.79 Å². The van der Waals surface area contributed by atoms with Gasteiger partial charge in [0, 0.05) is 25.2 Å². The molecule has 0 spiro atoms. The van der Waals surface area contributed by atoms with Crippen LogP contribution in [0.5, 0.6) is 11.5 Å². The molecule has 1 amide bonds. The molecule has 8 nitrogen and oxygen atoms in total. The molecular weight excluding hydrogens is 360 g/mol. The second-order valence-electron chi connectivity index (χ2n) is 6.18. The van der Waals surface area contributed by atoms with Crippen molar-refractivity contribution in [3.63, 3.8) is 0 Å². The number of amides is 1. The zero-order valence-electron chi connectivity index (χ0n) is 16.6. The van der Waals surface area contributed by atoms with E-state index < -0.39 is 0 Å². The fourth-order valence-electron chi connectivity index (χ4n) is 2.59. The number of aliphatic imine (C=N–C) groups is 1. The average molecular weight is 388 g/mol. The second kappa shape index (κ2) is 10.9. The molecule has 0 saturated heterocycles. The van der Waals surface area contributed by atoms with Crippen molar-refractivity contribution in [1.82, 2.24) is 10.6 Å². The Bertz CT molecular complexity index is 801. The highest BCUT2D eigenvalue weighted by atomic mass is 16.5. The number of methoxy groups -OCH3 is 2. The summed E-state index contributed by atoms with van der Waals surface area (Å²) in [6, 6.07) is 7.56. The van der Waals surface area contributed by atoms with Crippen LogP contribution in [0.3, 0.4) is 0 Å². The number of aryl methyl sites for hydroxylation is 1. The van der Waals surface area contributed by atoms with E-state index in [2.05, 4.69) is 15.6 Å². The Hall–Kier alpha value is -3.16. The number of guanidine groups is 1. The molecule has 1 heterocycles. The van der Waals surface area contributed by atoms with Crippen molar-refractivity contribution in [2.24, 2.45) is 10.7 Å². The first kappa shape index (κ1) is 21.1. The number of hydrogen-bond donors (Lipinski definition) is 3. The zero-order valence-corrected chi connectivity index (χ0v) is 16.6. The fraction of sp³-hybridized carbons (Fsp3) is 0.400. The number of nitrogens with one attached hydrogen (secondary N) is 2. The molecular formula is C20H28N4O4. The van der Waals surface area contributed by atoms with E-state index in [0.717, 1.165) is 17.5 Å². The summed E-state index contributed by atoms with van der Waals surface area (Å²) >= 11 is 0. The van der Waals surface area contributed by atoms with Crippen LogP contribution in [0.2, 0.25) is 0 Å². The first-order chi connectivity index (χ1) is 13.5. The number of furan rings is 1. The van der Waals surface area contributed by atoms with Crippen LogP contribution in [0.4, 0.5) is 0 Å². The summed E-state index contributed by atoms with van der Waals surface area (Å²) in [5.41, 5.74) is 7.79. The summed E-state index contributed by atoms with van der Waals surface area (Å²) in [7, 11) is 3.22. The smallest absolute Gasteiger partial charge is 0.287 e. The van der Waals surface area contributed by atoms with Crippen LogP contribution in [0.1, 0.15) is 28.1 Å². The largest absolute Gasteiger partial charge is 0.493 e. The van der Waals surface area contributed by atoms with Gasteiger partial charge >= 0.3 is 0 Å². The summed E-state index contributed by atoms with van der Waals surface area (Å²) in [4.78, 5) is 16.1. The Morgan fingerprint density at radius 3 is 2.61 bits per heavy atom. The minimum absolute atomic E-state index is 0.215. The number of benzene rings is 1. The van der Waals surface area contributed by atoms with Gasteiger partial charge in [-0.2, -0.15) is 0 Å². The maximum Gasteiger partial charge on any atom is 0.287 e. The van der Waals surface area contributed by atoms with Crippen LogP contribution in [0.25, 0.3) is 0 Å². The number of carbonyl (C=O) groups excluding carboxylic acids is 1. The summed E-state index contributed by atoms with van der Waals surface area (Å²) in [6.45, 7) is 3.50. The van der Waals surface area contributed by atoms with Crippen molar-refractivity contribution in [2.45, 2.75) is 19.8 Å². The number of rotatable bonds is 10. The molecule has 0 aliphatic heterocycles. The number of hydrogen-bond acceptors (Lipinski definition) is 5. The van der Waals surface area contributed by atoms with Gasteiger partial charge in [-0.15, -0.1) is 0 Å².